The number of ether oxygens (including phenoxy) is 1. The Morgan fingerprint density at radius 1 is 1.33 bits per heavy atom. The number of rotatable bonds is 8. The lowest BCUT2D eigenvalue weighted by Gasteiger charge is -2.16. The molecule has 1 unspecified atom stereocenters. The Bertz CT molecular complexity index is 360. The highest BCUT2D eigenvalue weighted by Gasteiger charge is 2.22. The molecule has 0 aliphatic heterocycles. The molecule has 0 bridgehead atoms. The predicted molar refractivity (Wildman–Crippen MR) is 76.1 cm³/mol. The van der Waals surface area contributed by atoms with Gasteiger partial charge < -0.3 is 10.1 Å². The Morgan fingerprint density at radius 2 is 2.17 bits per heavy atom. The van der Waals surface area contributed by atoms with Crippen molar-refractivity contribution in [2.45, 2.75) is 45.1 Å². The van der Waals surface area contributed by atoms with Crippen molar-refractivity contribution in [2.75, 3.05) is 13.7 Å². The van der Waals surface area contributed by atoms with Crippen LogP contribution in [0.2, 0.25) is 0 Å². The Kier molecular flexibility index (Phi) is 5.06. The minimum atomic E-state index is 0.607. The predicted octanol–water partition coefficient (Wildman–Crippen LogP) is 3.54. The molecule has 1 saturated carbocycles. The molecule has 1 atom stereocenters. The second-order valence-electron chi connectivity index (χ2n) is 5.46. The number of nitrogens with one attached hydrogen (secondary N) is 1. The van der Waals surface area contributed by atoms with Crippen molar-refractivity contribution in [1.82, 2.24) is 5.32 Å². The molecule has 0 heterocycles. The number of hydrogen-bond acceptors (Lipinski definition) is 2. The minimum absolute atomic E-state index is 0.607. The monoisotopic (exact) mass is 247 g/mol. The zero-order valence-corrected chi connectivity index (χ0v) is 11.6. The molecular weight excluding hydrogens is 222 g/mol. The largest absolute Gasteiger partial charge is 0.494 e. The van der Waals surface area contributed by atoms with Crippen molar-refractivity contribution in [3.05, 3.63) is 29.8 Å². The van der Waals surface area contributed by atoms with Gasteiger partial charge in [-0.15, -0.1) is 0 Å². The first kappa shape index (κ1) is 13.4. The first-order chi connectivity index (χ1) is 8.78. The second kappa shape index (κ2) is 6.79. The van der Waals surface area contributed by atoms with Crippen molar-refractivity contribution in [3.8, 4) is 5.75 Å². The molecule has 0 amide bonds. The molecule has 1 fully saturated rings. The van der Waals surface area contributed by atoms with Gasteiger partial charge in [0.2, 0.25) is 0 Å². The summed E-state index contributed by atoms with van der Waals surface area (Å²) >= 11 is 0. The molecule has 0 aromatic heterocycles. The van der Waals surface area contributed by atoms with Gasteiger partial charge in [0.05, 0.1) is 6.61 Å². The summed E-state index contributed by atoms with van der Waals surface area (Å²) in [6, 6.07) is 8.88. The quantitative estimate of drug-likeness (QED) is 0.758. The van der Waals surface area contributed by atoms with Gasteiger partial charge in [-0.1, -0.05) is 25.0 Å². The first-order valence-corrected chi connectivity index (χ1v) is 7.14. The average Bonchev–Trinajstić information content (AvgIpc) is 3.17. The van der Waals surface area contributed by atoms with Crippen molar-refractivity contribution in [1.29, 1.82) is 0 Å². The molecule has 1 N–H and O–H groups in total. The van der Waals surface area contributed by atoms with Gasteiger partial charge in [0.25, 0.3) is 0 Å². The van der Waals surface area contributed by atoms with Gasteiger partial charge in [0.1, 0.15) is 5.75 Å². The fourth-order valence-electron chi connectivity index (χ4n) is 2.30. The Morgan fingerprint density at radius 3 is 2.83 bits per heavy atom. The van der Waals surface area contributed by atoms with Gasteiger partial charge in [-0.25, -0.2) is 0 Å². The number of hydrogen-bond donors (Lipinski definition) is 1. The Hall–Kier alpha value is -1.02. The van der Waals surface area contributed by atoms with Crippen LogP contribution in [0.3, 0.4) is 0 Å². The molecule has 0 spiro atoms. The highest BCUT2D eigenvalue weighted by Crippen LogP contribution is 2.34. The molecule has 1 aromatic carbocycles. The van der Waals surface area contributed by atoms with Gasteiger partial charge in [-0.2, -0.15) is 0 Å². The van der Waals surface area contributed by atoms with Gasteiger partial charge >= 0.3 is 0 Å². The SMILES string of the molecule is CNC(CCOc1cccc(C)c1)CCC1CC1. The second-order valence-corrected chi connectivity index (χ2v) is 5.46. The van der Waals surface area contributed by atoms with Crippen LogP contribution in [0.25, 0.3) is 0 Å². The molecule has 2 heteroatoms. The summed E-state index contributed by atoms with van der Waals surface area (Å²) in [4.78, 5) is 0. The van der Waals surface area contributed by atoms with E-state index >= 15 is 0 Å². The van der Waals surface area contributed by atoms with Gasteiger partial charge in [0, 0.05) is 6.04 Å². The van der Waals surface area contributed by atoms with Crippen molar-refractivity contribution < 1.29 is 4.74 Å². The smallest absolute Gasteiger partial charge is 0.119 e. The van der Waals surface area contributed by atoms with E-state index in [4.69, 9.17) is 4.74 Å². The van der Waals surface area contributed by atoms with Crippen LogP contribution in [0.4, 0.5) is 0 Å². The third-order valence-corrected chi connectivity index (χ3v) is 3.75. The summed E-state index contributed by atoms with van der Waals surface area (Å²) in [6.45, 7) is 2.90. The zero-order valence-electron chi connectivity index (χ0n) is 11.6. The van der Waals surface area contributed by atoms with E-state index in [1.165, 1.54) is 31.2 Å². The minimum Gasteiger partial charge on any atom is -0.494 e. The van der Waals surface area contributed by atoms with Crippen LogP contribution in [0.1, 0.15) is 37.7 Å². The summed E-state index contributed by atoms with van der Waals surface area (Å²) < 4.78 is 5.80. The van der Waals surface area contributed by atoms with Gasteiger partial charge in [0.15, 0.2) is 0 Å². The molecular formula is C16H25NO. The lowest BCUT2D eigenvalue weighted by molar-refractivity contribution is 0.282. The number of benzene rings is 1. The first-order valence-electron chi connectivity index (χ1n) is 7.14. The topological polar surface area (TPSA) is 21.3 Å². The van der Waals surface area contributed by atoms with E-state index in [2.05, 4.69) is 31.4 Å². The van der Waals surface area contributed by atoms with Crippen LogP contribution in [-0.4, -0.2) is 19.7 Å². The highest BCUT2D eigenvalue weighted by molar-refractivity contribution is 5.27. The fourth-order valence-corrected chi connectivity index (χ4v) is 2.30. The molecule has 1 aromatic rings. The lowest BCUT2D eigenvalue weighted by Crippen LogP contribution is -2.27. The lowest BCUT2D eigenvalue weighted by atomic mass is 10.1. The standard InChI is InChI=1S/C16H25NO/c1-13-4-3-5-16(12-13)18-11-10-15(17-2)9-8-14-6-7-14/h3-5,12,14-15,17H,6-11H2,1-2H3. The summed E-state index contributed by atoms with van der Waals surface area (Å²) in [5, 5.41) is 3.40. The van der Waals surface area contributed by atoms with E-state index < -0.39 is 0 Å². The summed E-state index contributed by atoms with van der Waals surface area (Å²) in [6.07, 6.45) is 6.68. The Balaban J connectivity index is 1.65. The van der Waals surface area contributed by atoms with Crippen LogP contribution in [-0.2, 0) is 0 Å². The van der Waals surface area contributed by atoms with E-state index in [0.29, 0.717) is 6.04 Å². The van der Waals surface area contributed by atoms with Crippen molar-refractivity contribution in [2.24, 2.45) is 5.92 Å². The highest BCUT2D eigenvalue weighted by atomic mass is 16.5. The van der Waals surface area contributed by atoms with Crippen molar-refractivity contribution in [3.63, 3.8) is 0 Å². The van der Waals surface area contributed by atoms with E-state index in [1.807, 2.05) is 12.1 Å². The molecule has 18 heavy (non-hydrogen) atoms. The summed E-state index contributed by atoms with van der Waals surface area (Å²) in [5.74, 6) is 2.02. The van der Waals surface area contributed by atoms with E-state index in [9.17, 15) is 0 Å². The molecule has 2 nitrogen and oxygen atoms in total. The molecule has 0 radical (unpaired) electrons. The molecule has 1 aliphatic rings. The third kappa shape index (κ3) is 4.69. The molecule has 100 valence electrons. The van der Waals surface area contributed by atoms with Gasteiger partial charge in [-0.3, -0.25) is 0 Å². The summed E-state index contributed by atoms with van der Waals surface area (Å²) in [7, 11) is 2.06. The van der Waals surface area contributed by atoms with Crippen LogP contribution in [0.15, 0.2) is 24.3 Å². The zero-order chi connectivity index (χ0) is 12.8. The van der Waals surface area contributed by atoms with Gasteiger partial charge in [-0.05, 0) is 56.8 Å². The molecule has 1 aliphatic carbocycles. The van der Waals surface area contributed by atoms with Crippen LogP contribution >= 0.6 is 0 Å². The maximum atomic E-state index is 5.80. The van der Waals surface area contributed by atoms with Crippen LogP contribution in [0, 0.1) is 12.8 Å². The van der Waals surface area contributed by atoms with E-state index in [0.717, 1.165) is 24.7 Å². The maximum Gasteiger partial charge on any atom is 0.119 e. The molecule has 2 rings (SSSR count). The van der Waals surface area contributed by atoms with Crippen molar-refractivity contribution >= 4 is 0 Å². The van der Waals surface area contributed by atoms with E-state index in [1.54, 1.807) is 0 Å². The number of aryl methyl sites for hydroxylation is 1. The Labute approximate surface area is 111 Å². The maximum absolute atomic E-state index is 5.80. The summed E-state index contributed by atoms with van der Waals surface area (Å²) in [5.41, 5.74) is 1.26. The average molecular weight is 247 g/mol. The molecule has 0 saturated heterocycles. The fraction of sp³-hybridized carbons (Fsp3) is 0.625. The third-order valence-electron chi connectivity index (χ3n) is 3.75. The van der Waals surface area contributed by atoms with Crippen LogP contribution in [0.5, 0.6) is 5.75 Å². The van der Waals surface area contributed by atoms with E-state index in [-0.39, 0.29) is 0 Å². The normalized spacial score (nSPS) is 16.6. The van der Waals surface area contributed by atoms with Crippen LogP contribution < -0.4 is 10.1 Å².